The third-order valence-corrected chi connectivity index (χ3v) is 4.69. The highest BCUT2D eigenvalue weighted by Crippen LogP contribution is 2.31. The van der Waals surface area contributed by atoms with Crippen LogP contribution < -0.4 is 20.7 Å². The average molecular weight is 487 g/mol. The molecule has 0 aromatic heterocycles. The standard InChI is InChI=1S/C15H18Cl3N5O5S/c1-27-11-3-2-9(23(25)26)8-10(11)19-13(29)20-12(15(16,17)18)21-14(24)22-4-6-28-7-5-22/h2-3,8,12H,4-7H2,1H3,(H,21,24)(H2,19,20,29). The molecule has 1 saturated heterocycles. The van der Waals surface area contributed by atoms with Crippen LogP contribution in [0.5, 0.6) is 5.75 Å². The molecule has 0 spiro atoms. The number of nitro groups is 1. The second kappa shape index (κ2) is 10.3. The lowest BCUT2D eigenvalue weighted by Gasteiger charge is -2.32. The first-order valence-corrected chi connectivity index (χ1v) is 9.76. The molecule has 0 aliphatic carbocycles. The highest BCUT2D eigenvalue weighted by Gasteiger charge is 2.36. The number of hydrogen-bond acceptors (Lipinski definition) is 6. The van der Waals surface area contributed by atoms with Crippen LogP contribution in [0.1, 0.15) is 0 Å². The van der Waals surface area contributed by atoms with Crippen LogP contribution in [0.3, 0.4) is 0 Å². The van der Waals surface area contributed by atoms with E-state index in [9.17, 15) is 14.9 Å². The summed E-state index contributed by atoms with van der Waals surface area (Å²) < 4.78 is 8.41. The zero-order chi connectivity index (χ0) is 21.6. The van der Waals surface area contributed by atoms with Crippen LogP contribution in [0.4, 0.5) is 16.2 Å². The van der Waals surface area contributed by atoms with Crippen molar-refractivity contribution >= 4 is 69.5 Å². The lowest BCUT2D eigenvalue weighted by atomic mass is 10.2. The van der Waals surface area contributed by atoms with Crippen molar-refractivity contribution in [1.29, 1.82) is 0 Å². The fourth-order valence-corrected chi connectivity index (χ4v) is 2.93. The Kier molecular flexibility index (Phi) is 8.34. The first kappa shape index (κ1) is 23.5. The zero-order valence-corrected chi connectivity index (χ0v) is 18.2. The van der Waals surface area contributed by atoms with Crippen molar-refractivity contribution in [3.05, 3.63) is 28.3 Å². The Hall–Kier alpha value is -1.79. The van der Waals surface area contributed by atoms with Crippen molar-refractivity contribution in [1.82, 2.24) is 15.5 Å². The van der Waals surface area contributed by atoms with Gasteiger partial charge in [0, 0.05) is 25.2 Å². The predicted octanol–water partition coefficient (Wildman–Crippen LogP) is 2.63. The number of hydrogen-bond donors (Lipinski definition) is 3. The van der Waals surface area contributed by atoms with Gasteiger partial charge in [0.15, 0.2) is 11.3 Å². The molecular formula is C15H18Cl3N5O5S. The van der Waals surface area contributed by atoms with E-state index < -0.39 is 20.9 Å². The van der Waals surface area contributed by atoms with Crippen molar-refractivity contribution in [3.63, 3.8) is 0 Å². The summed E-state index contributed by atoms with van der Waals surface area (Å²) in [5, 5.41) is 18.9. The molecule has 1 heterocycles. The molecule has 1 aromatic carbocycles. The van der Waals surface area contributed by atoms with E-state index in [-0.39, 0.29) is 16.5 Å². The number of morpholine rings is 1. The van der Waals surface area contributed by atoms with Gasteiger partial charge in [-0.2, -0.15) is 0 Å². The Morgan fingerprint density at radius 1 is 1.34 bits per heavy atom. The van der Waals surface area contributed by atoms with E-state index >= 15 is 0 Å². The van der Waals surface area contributed by atoms with E-state index in [2.05, 4.69) is 16.0 Å². The maximum Gasteiger partial charge on any atom is 0.319 e. The van der Waals surface area contributed by atoms with Gasteiger partial charge >= 0.3 is 6.03 Å². The summed E-state index contributed by atoms with van der Waals surface area (Å²) in [7, 11) is 1.40. The highest BCUT2D eigenvalue weighted by atomic mass is 35.6. The smallest absolute Gasteiger partial charge is 0.319 e. The molecule has 0 radical (unpaired) electrons. The lowest BCUT2D eigenvalue weighted by Crippen LogP contribution is -2.59. The van der Waals surface area contributed by atoms with Crippen molar-refractivity contribution < 1.29 is 19.2 Å². The fourth-order valence-electron chi connectivity index (χ4n) is 2.38. The first-order chi connectivity index (χ1) is 13.6. The van der Waals surface area contributed by atoms with Crippen molar-refractivity contribution in [3.8, 4) is 5.75 Å². The Labute approximate surface area is 186 Å². The van der Waals surface area contributed by atoms with Crippen LogP contribution in [-0.4, -0.2) is 64.3 Å². The number of alkyl halides is 3. The van der Waals surface area contributed by atoms with E-state index in [0.29, 0.717) is 32.1 Å². The minimum absolute atomic E-state index is 0.0533. The highest BCUT2D eigenvalue weighted by molar-refractivity contribution is 7.80. The molecule has 1 aliphatic rings. The van der Waals surface area contributed by atoms with Gasteiger partial charge in [0.05, 0.1) is 30.9 Å². The summed E-state index contributed by atoms with van der Waals surface area (Å²) in [5.74, 6) is 0.308. The second-order valence-electron chi connectivity index (χ2n) is 5.76. The second-order valence-corrected chi connectivity index (χ2v) is 8.54. The van der Waals surface area contributed by atoms with Gasteiger partial charge in [-0.05, 0) is 18.3 Å². The molecule has 1 aromatic rings. The number of anilines is 1. The normalized spacial score (nSPS) is 15.2. The van der Waals surface area contributed by atoms with Crippen LogP contribution in [0.2, 0.25) is 0 Å². The summed E-state index contributed by atoms with van der Waals surface area (Å²) >= 11 is 23.1. The fraction of sp³-hybridized carbons (Fsp3) is 0.467. The minimum Gasteiger partial charge on any atom is -0.495 e. The molecule has 1 unspecified atom stereocenters. The Morgan fingerprint density at radius 2 is 2.00 bits per heavy atom. The maximum atomic E-state index is 12.4. The largest absolute Gasteiger partial charge is 0.495 e. The molecule has 160 valence electrons. The summed E-state index contributed by atoms with van der Waals surface area (Å²) in [6.07, 6.45) is -1.19. The summed E-state index contributed by atoms with van der Waals surface area (Å²) in [5.41, 5.74) is 0.0522. The first-order valence-electron chi connectivity index (χ1n) is 8.21. The van der Waals surface area contributed by atoms with E-state index in [1.807, 2.05) is 0 Å². The topological polar surface area (TPSA) is 118 Å². The number of thiocarbonyl (C=S) groups is 1. The predicted molar refractivity (Wildman–Crippen MR) is 114 cm³/mol. The maximum absolute atomic E-state index is 12.4. The summed E-state index contributed by atoms with van der Waals surface area (Å²) in [6, 6.07) is 3.47. The molecule has 1 atom stereocenters. The molecule has 29 heavy (non-hydrogen) atoms. The Balaban J connectivity index is 2.09. The number of urea groups is 1. The number of nitrogens with one attached hydrogen (secondary N) is 3. The molecule has 10 nitrogen and oxygen atoms in total. The molecule has 3 N–H and O–H groups in total. The van der Waals surface area contributed by atoms with Crippen LogP contribution in [0.25, 0.3) is 0 Å². The molecule has 1 aliphatic heterocycles. The third kappa shape index (κ3) is 6.89. The van der Waals surface area contributed by atoms with Crippen LogP contribution in [0, 0.1) is 10.1 Å². The number of carbonyl (C=O) groups is 1. The van der Waals surface area contributed by atoms with Gasteiger partial charge in [0.25, 0.3) is 5.69 Å². The van der Waals surface area contributed by atoms with Crippen molar-refractivity contribution in [2.75, 3.05) is 38.7 Å². The molecule has 14 heteroatoms. The number of nitro benzene ring substituents is 1. The van der Waals surface area contributed by atoms with Gasteiger partial charge in [-0.3, -0.25) is 10.1 Å². The number of nitrogens with zero attached hydrogens (tertiary/aromatic N) is 2. The summed E-state index contributed by atoms with van der Waals surface area (Å²) in [6.45, 7) is 1.61. The Bertz CT molecular complexity index is 773. The van der Waals surface area contributed by atoms with Gasteiger partial charge in [-0.1, -0.05) is 34.8 Å². The molecule has 2 amide bonds. The van der Waals surface area contributed by atoms with Crippen molar-refractivity contribution in [2.45, 2.75) is 9.96 Å². The van der Waals surface area contributed by atoms with Gasteiger partial charge < -0.3 is 30.3 Å². The van der Waals surface area contributed by atoms with Gasteiger partial charge in [0.2, 0.25) is 3.79 Å². The zero-order valence-electron chi connectivity index (χ0n) is 15.1. The van der Waals surface area contributed by atoms with E-state index in [4.69, 9.17) is 56.5 Å². The third-order valence-electron chi connectivity index (χ3n) is 3.81. The molecule has 0 bridgehead atoms. The number of non-ortho nitro benzene ring substituents is 1. The van der Waals surface area contributed by atoms with Crippen LogP contribution in [-0.2, 0) is 4.74 Å². The average Bonchev–Trinajstić information content (AvgIpc) is 2.67. The SMILES string of the molecule is COc1ccc([N+](=O)[O-])cc1NC(=S)NC(NC(=O)N1CCOCC1)C(Cl)(Cl)Cl. The number of rotatable bonds is 5. The number of methoxy groups -OCH3 is 1. The van der Waals surface area contributed by atoms with Crippen molar-refractivity contribution in [2.24, 2.45) is 0 Å². The number of ether oxygens (including phenoxy) is 2. The molecule has 1 fully saturated rings. The van der Waals surface area contributed by atoms with E-state index in [0.717, 1.165) is 0 Å². The minimum atomic E-state index is -1.94. The summed E-state index contributed by atoms with van der Waals surface area (Å²) in [4.78, 5) is 24.3. The Morgan fingerprint density at radius 3 is 2.55 bits per heavy atom. The molecular weight excluding hydrogens is 469 g/mol. The van der Waals surface area contributed by atoms with Gasteiger partial charge in [0.1, 0.15) is 5.75 Å². The van der Waals surface area contributed by atoms with Gasteiger partial charge in [-0.15, -0.1) is 0 Å². The van der Waals surface area contributed by atoms with Crippen LogP contribution >= 0.6 is 47.0 Å². The number of halogens is 3. The number of amides is 2. The van der Waals surface area contributed by atoms with E-state index in [1.165, 1.54) is 30.2 Å². The lowest BCUT2D eigenvalue weighted by molar-refractivity contribution is -0.384. The monoisotopic (exact) mass is 485 g/mol. The number of benzene rings is 1. The number of carbonyl (C=O) groups excluding carboxylic acids is 1. The quantitative estimate of drug-likeness (QED) is 0.191. The van der Waals surface area contributed by atoms with Crippen LogP contribution in [0.15, 0.2) is 18.2 Å². The molecule has 2 rings (SSSR count). The molecule has 0 saturated carbocycles. The van der Waals surface area contributed by atoms with E-state index in [1.54, 1.807) is 0 Å². The van der Waals surface area contributed by atoms with Gasteiger partial charge in [-0.25, -0.2) is 4.79 Å².